The van der Waals surface area contributed by atoms with Gasteiger partial charge in [0.05, 0.1) is 5.56 Å². The van der Waals surface area contributed by atoms with Gasteiger partial charge in [-0.15, -0.1) is 5.16 Å². The number of hydrogen-bond donors (Lipinski definition) is 1. The molecular weight excluding hydrogens is 195 g/mol. The van der Waals surface area contributed by atoms with Crippen LogP contribution in [0.15, 0.2) is 29.4 Å². The fourth-order valence-corrected chi connectivity index (χ4v) is 1.02. The zero-order valence-electron chi connectivity index (χ0n) is 7.12. The van der Waals surface area contributed by atoms with Gasteiger partial charge >= 0.3 is 6.18 Å². The molecule has 0 radical (unpaired) electrons. The summed E-state index contributed by atoms with van der Waals surface area (Å²) in [4.78, 5) is 0. The Morgan fingerprint density at radius 1 is 1.36 bits per heavy atom. The molecule has 0 unspecified atom stereocenters. The van der Waals surface area contributed by atoms with Crippen molar-refractivity contribution in [3.63, 3.8) is 0 Å². The Bertz CT molecular complexity index is 333. The Kier molecular flexibility index (Phi) is 3.11. The lowest BCUT2D eigenvalue weighted by molar-refractivity contribution is -0.137. The molecule has 0 heterocycles. The predicted molar refractivity (Wildman–Crippen MR) is 45.4 cm³/mol. The van der Waals surface area contributed by atoms with E-state index >= 15 is 0 Å². The van der Waals surface area contributed by atoms with Crippen LogP contribution in [-0.4, -0.2) is 11.4 Å². The third kappa shape index (κ3) is 2.76. The Balaban J connectivity index is 2.90. The summed E-state index contributed by atoms with van der Waals surface area (Å²) in [5.74, 6) is 0. The van der Waals surface area contributed by atoms with Crippen molar-refractivity contribution < 1.29 is 18.4 Å². The first-order valence-corrected chi connectivity index (χ1v) is 3.86. The van der Waals surface area contributed by atoms with Crippen molar-refractivity contribution in [3.8, 4) is 0 Å². The molecule has 0 atom stereocenters. The van der Waals surface area contributed by atoms with Crippen LogP contribution >= 0.6 is 0 Å². The lowest BCUT2D eigenvalue weighted by atomic mass is 10.1. The van der Waals surface area contributed by atoms with Crippen LogP contribution in [0.5, 0.6) is 0 Å². The highest BCUT2D eigenvalue weighted by molar-refractivity contribution is 5.60. The van der Waals surface area contributed by atoms with E-state index in [0.29, 0.717) is 5.56 Å². The van der Waals surface area contributed by atoms with E-state index in [0.717, 1.165) is 18.3 Å². The number of hydrogen-bond acceptors (Lipinski definition) is 2. The van der Waals surface area contributed by atoms with Gasteiger partial charge in [0.1, 0.15) is 0 Å². The molecule has 1 N–H and O–H groups in total. The fourth-order valence-electron chi connectivity index (χ4n) is 1.02. The first kappa shape index (κ1) is 10.6. The minimum absolute atomic E-state index is 0.181. The summed E-state index contributed by atoms with van der Waals surface area (Å²) in [6, 6.07) is 4.89. The lowest BCUT2D eigenvalue weighted by Crippen LogP contribution is -2.05. The Morgan fingerprint density at radius 3 is 2.64 bits per heavy atom. The Labute approximate surface area is 78.7 Å². The maximum absolute atomic E-state index is 12.2. The summed E-state index contributed by atoms with van der Waals surface area (Å²) in [6.45, 7) is 0. The number of halogens is 3. The summed E-state index contributed by atoms with van der Waals surface area (Å²) in [6.07, 6.45) is -3.01. The zero-order chi connectivity index (χ0) is 10.6. The van der Waals surface area contributed by atoms with Crippen molar-refractivity contribution in [2.24, 2.45) is 5.16 Å². The van der Waals surface area contributed by atoms with Gasteiger partial charge in [0, 0.05) is 12.6 Å². The van der Waals surface area contributed by atoms with Crippen LogP contribution < -0.4 is 0 Å². The molecular formula is C9H8F3NO. The molecule has 0 spiro atoms. The molecule has 0 aromatic heterocycles. The molecule has 5 heteroatoms. The van der Waals surface area contributed by atoms with Crippen LogP contribution in [0.4, 0.5) is 13.2 Å². The maximum Gasteiger partial charge on any atom is 0.416 e. The van der Waals surface area contributed by atoms with E-state index in [9.17, 15) is 13.2 Å². The summed E-state index contributed by atoms with van der Waals surface area (Å²) in [5, 5.41) is 10.8. The van der Waals surface area contributed by atoms with Crippen LogP contribution in [0.1, 0.15) is 11.1 Å². The fraction of sp³-hybridized carbons (Fsp3) is 0.222. The SMILES string of the molecule is ON=CCc1cccc(C(F)(F)F)c1. The second kappa shape index (κ2) is 4.13. The molecule has 0 fully saturated rings. The van der Waals surface area contributed by atoms with E-state index in [1.165, 1.54) is 12.1 Å². The van der Waals surface area contributed by atoms with E-state index in [4.69, 9.17) is 5.21 Å². The first-order valence-electron chi connectivity index (χ1n) is 3.86. The highest BCUT2D eigenvalue weighted by Crippen LogP contribution is 2.29. The topological polar surface area (TPSA) is 32.6 Å². The molecule has 0 aliphatic heterocycles. The molecule has 0 aliphatic rings. The monoisotopic (exact) mass is 203 g/mol. The van der Waals surface area contributed by atoms with Crippen molar-refractivity contribution in [2.45, 2.75) is 12.6 Å². The van der Waals surface area contributed by atoms with Gasteiger partial charge in [0.2, 0.25) is 0 Å². The van der Waals surface area contributed by atoms with Gasteiger partial charge in [-0.25, -0.2) is 0 Å². The predicted octanol–water partition coefficient (Wildman–Crippen LogP) is 2.71. The number of rotatable bonds is 2. The second-order valence-corrected chi connectivity index (χ2v) is 2.70. The average molecular weight is 203 g/mol. The number of nitrogens with zero attached hydrogens (tertiary/aromatic N) is 1. The van der Waals surface area contributed by atoms with Gasteiger partial charge in [-0.1, -0.05) is 18.2 Å². The lowest BCUT2D eigenvalue weighted by Gasteiger charge is -2.07. The van der Waals surface area contributed by atoms with Crippen molar-refractivity contribution in [2.75, 3.05) is 0 Å². The van der Waals surface area contributed by atoms with E-state index in [2.05, 4.69) is 5.16 Å². The molecule has 0 saturated heterocycles. The molecule has 2 nitrogen and oxygen atoms in total. The van der Waals surface area contributed by atoms with Crippen LogP contribution in [0, 0.1) is 0 Å². The highest BCUT2D eigenvalue weighted by Gasteiger charge is 2.30. The average Bonchev–Trinajstić information content (AvgIpc) is 2.14. The van der Waals surface area contributed by atoms with Crippen LogP contribution in [0.3, 0.4) is 0 Å². The van der Waals surface area contributed by atoms with Gasteiger partial charge in [-0.2, -0.15) is 13.2 Å². The van der Waals surface area contributed by atoms with Crippen LogP contribution in [0.25, 0.3) is 0 Å². The van der Waals surface area contributed by atoms with E-state index in [1.807, 2.05) is 0 Å². The number of oxime groups is 1. The van der Waals surface area contributed by atoms with Gasteiger partial charge in [0.25, 0.3) is 0 Å². The van der Waals surface area contributed by atoms with Gasteiger partial charge in [-0.3, -0.25) is 0 Å². The standard InChI is InChI=1S/C9H8F3NO/c10-9(11,12)8-3-1-2-7(6-8)4-5-13-14/h1-3,5-6,14H,4H2. The molecule has 0 saturated carbocycles. The van der Waals surface area contributed by atoms with E-state index in [-0.39, 0.29) is 6.42 Å². The van der Waals surface area contributed by atoms with Gasteiger partial charge in [0.15, 0.2) is 0 Å². The molecule has 1 aromatic carbocycles. The smallest absolute Gasteiger partial charge is 0.411 e. The highest BCUT2D eigenvalue weighted by atomic mass is 19.4. The van der Waals surface area contributed by atoms with Crippen molar-refractivity contribution >= 4 is 6.21 Å². The molecule has 0 aliphatic carbocycles. The molecule has 0 amide bonds. The molecule has 1 aromatic rings. The van der Waals surface area contributed by atoms with E-state index < -0.39 is 11.7 Å². The Hall–Kier alpha value is -1.52. The number of benzene rings is 1. The largest absolute Gasteiger partial charge is 0.416 e. The molecule has 76 valence electrons. The Morgan fingerprint density at radius 2 is 2.07 bits per heavy atom. The van der Waals surface area contributed by atoms with Crippen LogP contribution in [-0.2, 0) is 12.6 Å². The number of alkyl halides is 3. The summed E-state index contributed by atoms with van der Waals surface area (Å²) in [5.41, 5.74) is -0.237. The minimum atomic E-state index is -4.33. The zero-order valence-corrected chi connectivity index (χ0v) is 7.12. The molecule has 1 rings (SSSR count). The van der Waals surface area contributed by atoms with Gasteiger partial charge in [-0.05, 0) is 11.6 Å². The quantitative estimate of drug-likeness (QED) is 0.447. The van der Waals surface area contributed by atoms with Crippen molar-refractivity contribution in [1.29, 1.82) is 0 Å². The van der Waals surface area contributed by atoms with E-state index in [1.54, 1.807) is 0 Å². The van der Waals surface area contributed by atoms with Gasteiger partial charge < -0.3 is 5.21 Å². The summed E-state index contributed by atoms with van der Waals surface area (Å²) < 4.78 is 36.6. The normalized spacial score (nSPS) is 12.2. The van der Waals surface area contributed by atoms with Crippen molar-refractivity contribution in [3.05, 3.63) is 35.4 Å². The maximum atomic E-state index is 12.2. The van der Waals surface area contributed by atoms with Crippen LogP contribution in [0.2, 0.25) is 0 Å². The molecule has 14 heavy (non-hydrogen) atoms. The molecule has 0 bridgehead atoms. The first-order chi connectivity index (χ1) is 6.54. The summed E-state index contributed by atoms with van der Waals surface area (Å²) >= 11 is 0. The minimum Gasteiger partial charge on any atom is -0.411 e. The third-order valence-electron chi connectivity index (χ3n) is 1.66. The summed E-state index contributed by atoms with van der Waals surface area (Å²) in [7, 11) is 0. The second-order valence-electron chi connectivity index (χ2n) is 2.70. The third-order valence-corrected chi connectivity index (χ3v) is 1.66. The van der Waals surface area contributed by atoms with Crippen molar-refractivity contribution in [1.82, 2.24) is 0 Å².